The summed E-state index contributed by atoms with van der Waals surface area (Å²) in [6.07, 6.45) is 1.36. The van der Waals surface area contributed by atoms with Gasteiger partial charge in [0, 0.05) is 12.8 Å². The Morgan fingerprint density at radius 2 is 2.29 bits per heavy atom. The van der Waals surface area contributed by atoms with E-state index in [-0.39, 0.29) is 0 Å². The smallest absolute Gasteiger partial charge is 0.102 e. The Hall–Kier alpha value is -0.0900. The van der Waals surface area contributed by atoms with Gasteiger partial charge in [-0.3, -0.25) is 0 Å². The van der Waals surface area contributed by atoms with Crippen LogP contribution in [0, 0.1) is 4.78 Å². The van der Waals surface area contributed by atoms with Crippen LogP contribution in [-0.2, 0) is 9.92 Å². The average molecular weight is 122 g/mol. The molecule has 0 aromatic carbocycles. The first-order chi connectivity index (χ1) is 3.06. The molecule has 7 heavy (non-hydrogen) atoms. The van der Waals surface area contributed by atoms with Gasteiger partial charge in [0.1, 0.15) is 9.92 Å². The molecule has 0 aromatic rings. The van der Waals surface area contributed by atoms with E-state index >= 15 is 0 Å². The highest BCUT2D eigenvalue weighted by atomic mass is 32.2. The molecule has 0 fully saturated rings. The van der Waals surface area contributed by atoms with E-state index in [0.717, 1.165) is 0 Å². The summed E-state index contributed by atoms with van der Waals surface area (Å²) in [6, 6.07) is 0. The van der Waals surface area contributed by atoms with E-state index in [0.29, 0.717) is 6.54 Å². The lowest BCUT2D eigenvalue weighted by Crippen LogP contribution is -2.19. The maximum atomic E-state index is 10.3. The minimum atomic E-state index is -2.42. The third-order valence-corrected chi connectivity index (χ3v) is 1.26. The van der Waals surface area contributed by atoms with Crippen LogP contribution in [0.5, 0.6) is 0 Å². The molecule has 44 valence electrons. The first-order valence-electron chi connectivity index (χ1n) is 2.04. The quantitative estimate of drug-likeness (QED) is 0.539. The van der Waals surface area contributed by atoms with Gasteiger partial charge in [0.15, 0.2) is 0 Å². The summed E-state index contributed by atoms with van der Waals surface area (Å²) < 4.78 is 19.6. The minimum absolute atomic E-state index is 0.596. The summed E-state index contributed by atoms with van der Waals surface area (Å²) in [5, 5.41) is 0. The van der Waals surface area contributed by atoms with Gasteiger partial charge < -0.3 is 0 Å². The Balaban J connectivity index is 3.60. The van der Waals surface area contributed by atoms with Crippen LogP contribution in [0.1, 0.15) is 6.92 Å². The van der Waals surface area contributed by atoms with E-state index in [1.807, 2.05) is 6.92 Å². The Kier molecular flexibility index (Phi) is 2.25. The summed E-state index contributed by atoms with van der Waals surface area (Å²) in [6.45, 7) is 2.41. The predicted molar refractivity (Wildman–Crippen MR) is 30.5 cm³/mol. The largest absolute Gasteiger partial charge is 0.241 e. The summed E-state index contributed by atoms with van der Waals surface area (Å²) >= 11 is 0. The summed E-state index contributed by atoms with van der Waals surface area (Å²) in [7, 11) is -2.42. The van der Waals surface area contributed by atoms with Crippen LogP contribution in [0.25, 0.3) is 0 Å². The summed E-state index contributed by atoms with van der Waals surface area (Å²) in [5.41, 5.74) is 0. The monoisotopic (exact) mass is 122 g/mol. The normalized spacial score (nSPS) is 18.6. The van der Waals surface area contributed by atoms with Crippen LogP contribution in [0.3, 0.4) is 0 Å². The van der Waals surface area contributed by atoms with Gasteiger partial charge in [-0.05, 0) is 0 Å². The zero-order valence-electron chi connectivity index (χ0n) is 4.52. The molecule has 1 unspecified atom stereocenters. The summed E-state index contributed by atoms with van der Waals surface area (Å²) in [5.74, 6) is 0. The Morgan fingerprint density at radius 1 is 1.86 bits per heavy atom. The fraction of sp³-hybridized carbons (Fsp3) is 1.00. The standard InChI is InChI=1S/C3H10N2OS/c1-3-5-7(2,4)6/h3H2,1-2H3,(H2,4,5,6). The molecule has 0 aliphatic heterocycles. The molecule has 0 rings (SSSR count). The van der Waals surface area contributed by atoms with Crippen molar-refractivity contribution in [2.24, 2.45) is 0 Å². The van der Waals surface area contributed by atoms with Crippen molar-refractivity contribution >= 4 is 9.92 Å². The van der Waals surface area contributed by atoms with E-state index in [4.69, 9.17) is 4.78 Å². The van der Waals surface area contributed by atoms with Gasteiger partial charge in [-0.1, -0.05) is 6.92 Å². The number of hydrogen-bond donors (Lipinski definition) is 2. The highest BCUT2D eigenvalue weighted by Gasteiger charge is 1.87. The molecule has 1 atom stereocenters. The van der Waals surface area contributed by atoms with Crippen molar-refractivity contribution < 1.29 is 4.21 Å². The third-order valence-electron chi connectivity index (χ3n) is 0.420. The number of hydrogen-bond acceptors (Lipinski definition) is 2. The number of nitrogens with one attached hydrogen (secondary N) is 2. The maximum absolute atomic E-state index is 10.3. The molecule has 0 aliphatic rings. The van der Waals surface area contributed by atoms with Gasteiger partial charge in [-0.25, -0.2) is 13.7 Å². The molecule has 0 saturated carbocycles. The topological polar surface area (TPSA) is 53.0 Å². The van der Waals surface area contributed by atoms with E-state index in [1.54, 1.807) is 0 Å². The average Bonchev–Trinajstić information content (AvgIpc) is 1.30. The molecule has 4 heteroatoms. The lowest BCUT2D eigenvalue weighted by molar-refractivity contribution is 0.669. The van der Waals surface area contributed by atoms with Gasteiger partial charge in [-0.2, -0.15) is 0 Å². The van der Waals surface area contributed by atoms with Crippen LogP contribution < -0.4 is 4.72 Å². The van der Waals surface area contributed by atoms with Gasteiger partial charge in [0.2, 0.25) is 0 Å². The molecule has 0 bridgehead atoms. The lowest BCUT2D eigenvalue weighted by atomic mass is 10.8. The maximum Gasteiger partial charge on any atom is 0.102 e. The third kappa shape index (κ3) is 5.91. The second-order valence-corrected chi connectivity index (χ2v) is 3.32. The van der Waals surface area contributed by atoms with Crippen LogP contribution in [0.2, 0.25) is 0 Å². The van der Waals surface area contributed by atoms with Gasteiger partial charge in [0.05, 0.1) is 0 Å². The second kappa shape index (κ2) is 2.28. The zero-order chi connectivity index (χ0) is 5.91. The minimum Gasteiger partial charge on any atom is -0.241 e. The van der Waals surface area contributed by atoms with Crippen molar-refractivity contribution in [1.29, 1.82) is 4.78 Å². The Bertz CT molecular complexity index is 126. The van der Waals surface area contributed by atoms with E-state index in [9.17, 15) is 4.21 Å². The van der Waals surface area contributed by atoms with E-state index in [1.165, 1.54) is 6.26 Å². The highest BCUT2D eigenvalue weighted by Crippen LogP contribution is 1.70. The number of rotatable bonds is 2. The van der Waals surface area contributed by atoms with Gasteiger partial charge >= 0.3 is 0 Å². The van der Waals surface area contributed by atoms with Crippen molar-refractivity contribution in [3.8, 4) is 0 Å². The van der Waals surface area contributed by atoms with Crippen molar-refractivity contribution in [3.05, 3.63) is 0 Å². The SMILES string of the molecule is CCNS(C)(=N)=O. The molecule has 0 saturated heterocycles. The van der Waals surface area contributed by atoms with Crippen molar-refractivity contribution in [1.82, 2.24) is 4.72 Å². The molecule has 0 spiro atoms. The second-order valence-electron chi connectivity index (χ2n) is 1.34. The fourth-order valence-corrected chi connectivity index (χ4v) is 0.826. The van der Waals surface area contributed by atoms with E-state index < -0.39 is 9.92 Å². The van der Waals surface area contributed by atoms with E-state index in [2.05, 4.69) is 4.72 Å². The predicted octanol–water partition coefficient (Wildman–Crippen LogP) is 0.187. The first kappa shape index (κ1) is 6.91. The van der Waals surface area contributed by atoms with Crippen LogP contribution in [0.4, 0.5) is 0 Å². The van der Waals surface area contributed by atoms with Crippen molar-refractivity contribution in [3.63, 3.8) is 0 Å². The molecule has 0 heterocycles. The van der Waals surface area contributed by atoms with Crippen molar-refractivity contribution in [2.45, 2.75) is 6.92 Å². The molecule has 3 nitrogen and oxygen atoms in total. The lowest BCUT2D eigenvalue weighted by Gasteiger charge is -1.95. The Labute approximate surface area is 44.2 Å². The van der Waals surface area contributed by atoms with Crippen LogP contribution >= 0.6 is 0 Å². The zero-order valence-corrected chi connectivity index (χ0v) is 5.34. The molecule has 0 radical (unpaired) electrons. The molecular weight excluding hydrogens is 112 g/mol. The Morgan fingerprint density at radius 3 is 2.29 bits per heavy atom. The summed E-state index contributed by atoms with van der Waals surface area (Å²) in [4.78, 5) is 0. The van der Waals surface area contributed by atoms with Crippen LogP contribution in [-0.4, -0.2) is 17.0 Å². The molecule has 2 N–H and O–H groups in total. The molecule has 0 aromatic heterocycles. The molecule has 0 aliphatic carbocycles. The molecule has 0 amide bonds. The van der Waals surface area contributed by atoms with Crippen molar-refractivity contribution in [2.75, 3.05) is 12.8 Å². The van der Waals surface area contributed by atoms with Crippen LogP contribution in [0.15, 0.2) is 0 Å². The fourth-order valence-electron chi connectivity index (χ4n) is 0.275. The first-order valence-corrected chi connectivity index (χ1v) is 4.01. The van der Waals surface area contributed by atoms with Gasteiger partial charge in [-0.15, -0.1) is 0 Å². The highest BCUT2D eigenvalue weighted by molar-refractivity contribution is 7.89. The van der Waals surface area contributed by atoms with Gasteiger partial charge in [0.25, 0.3) is 0 Å². The molecular formula is C3H10N2OS.